The van der Waals surface area contributed by atoms with Crippen molar-refractivity contribution in [3.63, 3.8) is 0 Å². The number of carbonyl (C=O) groups is 1. The van der Waals surface area contributed by atoms with Crippen molar-refractivity contribution in [2.24, 2.45) is 0 Å². The number of amides is 1. The van der Waals surface area contributed by atoms with Gasteiger partial charge in [-0.2, -0.15) is 0 Å². The van der Waals surface area contributed by atoms with Crippen molar-refractivity contribution >= 4 is 17.2 Å². The Kier molecular flexibility index (Phi) is 3.33. The van der Waals surface area contributed by atoms with Gasteiger partial charge in [-0.25, -0.2) is 4.98 Å². The van der Waals surface area contributed by atoms with Gasteiger partial charge in [0.2, 0.25) is 5.91 Å². The van der Waals surface area contributed by atoms with Gasteiger partial charge in [0.15, 0.2) is 0 Å². The predicted molar refractivity (Wildman–Crippen MR) is 59.7 cm³/mol. The van der Waals surface area contributed by atoms with E-state index in [4.69, 9.17) is 0 Å². The Morgan fingerprint density at radius 3 is 3.07 bits per heavy atom. The molecule has 15 heavy (non-hydrogen) atoms. The SMILES string of the molecule is Cc1nc(CNC(=O)CNC2CC2)cs1. The summed E-state index contributed by atoms with van der Waals surface area (Å²) in [6.45, 7) is 2.92. The summed E-state index contributed by atoms with van der Waals surface area (Å²) >= 11 is 1.61. The summed E-state index contributed by atoms with van der Waals surface area (Å²) in [5.74, 6) is 0.0487. The molecule has 1 aromatic rings. The van der Waals surface area contributed by atoms with Crippen LogP contribution in [0.4, 0.5) is 0 Å². The van der Waals surface area contributed by atoms with E-state index in [0.29, 0.717) is 19.1 Å². The number of carbonyl (C=O) groups excluding carboxylic acids is 1. The molecule has 2 N–H and O–H groups in total. The Morgan fingerprint density at radius 2 is 2.47 bits per heavy atom. The minimum absolute atomic E-state index is 0.0487. The highest BCUT2D eigenvalue weighted by Crippen LogP contribution is 2.17. The molecule has 0 saturated heterocycles. The number of thiazole rings is 1. The highest BCUT2D eigenvalue weighted by atomic mass is 32.1. The molecule has 0 unspecified atom stereocenters. The summed E-state index contributed by atoms with van der Waals surface area (Å²) in [5, 5.41) is 9.02. The third kappa shape index (κ3) is 3.60. The van der Waals surface area contributed by atoms with Gasteiger partial charge in [-0.05, 0) is 19.8 Å². The number of hydrogen-bond donors (Lipinski definition) is 2. The van der Waals surface area contributed by atoms with E-state index in [2.05, 4.69) is 15.6 Å². The second kappa shape index (κ2) is 4.72. The van der Waals surface area contributed by atoms with E-state index in [1.165, 1.54) is 12.8 Å². The van der Waals surface area contributed by atoms with Crippen molar-refractivity contribution < 1.29 is 4.79 Å². The van der Waals surface area contributed by atoms with Crippen LogP contribution in [0.25, 0.3) is 0 Å². The van der Waals surface area contributed by atoms with Gasteiger partial charge in [-0.15, -0.1) is 11.3 Å². The van der Waals surface area contributed by atoms with Crippen LogP contribution in [-0.2, 0) is 11.3 Å². The summed E-state index contributed by atoms with van der Waals surface area (Å²) in [7, 11) is 0. The zero-order valence-corrected chi connectivity index (χ0v) is 9.56. The van der Waals surface area contributed by atoms with Crippen molar-refractivity contribution in [1.29, 1.82) is 0 Å². The van der Waals surface area contributed by atoms with Crippen LogP contribution in [0, 0.1) is 6.92 Å². The molecule has 0 spiro atoms. The fraction of sp³-hybridized carbons (Fsp3) is 0.600. The zero-order chi connectivity index (χ0) is 10.7. The van der Waals surface area contributed by atoms with E-state index in [-0.39, 0.29) is 5.91 Å². The summed E-state index contributed by atoms with van der Waals surface area (Å²) in [6, 6.07) is 0.581. The molecule has 4 nitrogen and oxygen atoms in total. The van der Waals surface area contributed by atoms with Gasteiger partial charge >= 0.3 is 0 Å². The van der Waals surface area contributed by atoms with Crippen LogP contribution in [0.3, 0.4) is 0 Å². The molecular formula is C10H15N3OS. The minimum Gasteiger partial charge on any atom is -0.349 e. The van der Waals surface area contributed by atoms with Crippen LogP contribution >= 0.6 is 11.3 Å². The van der Waals surface area contributed by atoms with E-state index in [1.807, 2.05) is 12.3 Å². The van der Waals surface area contributed by atoms with E-state index >= 15 is 0 Å². The van der Waals surface area contributed by atoms with Crippen LogP contribution in [0.15, 0.2) is 5.38 Å². The third-order valence-electron chi connectivity index (χ3n) is 2.26. The van der Waals surface area contributed by atoms with E-state index < -0.39 is 0 Å². The molecule has 1 saturated carbocycles. The molecule has 2 rings (SSSR count). The van der Waals surface area contributed by atoms with Crippen molar-refractivity contribution in [3.05, 3.63) is 16.1 Å². The molecule has 0 bridgehead atoms. The standard InChI is InChI=1S/C10H15N3OS/c1-7-13-9(6-15-7)4-12-10(14)5-11-8-2-3-8/h6,8,11H,2-5H2,1H3,(H,12,14). The lowest BCUT2D eigenvalue weighted by Gasteiger charge is -2.03. The van der Waals surface area contributed by atoms with Crippen LogP contribution in [-0.4, -0.2) is 23.5 Å². The van der Waals surface area contributed by atoms with Gasteiger partial charge < -0.3 is 10.6 Å². The van der Waals surface area contributed by atoms with Crippen LogP contribution in [0.1, 0.15) is 23.5 Å². The van der Waals surface area contributed by atoms with E-state index in [9.17, 15) is 4.79 Å². The van der Waals surface area contributed by atoms with Gasteiger partial charge in [0.1, 0.15) is 0 Å². The lowest BCUT2D eigenvalue weighted by molar-refractivity contribution is -0.120. The first kappa shape index (κ1) is 10.6. The van der Waals surface area contributed by atoms with Crippen molar-refractivity contribution in [2.75, 3.05) is 6.54 Å². The van der Waals surface area contributed by atoms with Crippen LogP contribution in [0.5, 0.6) is 0 Å². The van der Waals surface area contributed by atoms with Crippen molar-refractivity contribution in [1.82, 2.24) is 15.6 Å². The summed E-state index contributed by atoms with van der Waals surface area (Å²) in [5.41, 5.74) is 0.942. The average molecular weight is 225 g/mol. The van der Waals surface area contributed by atoms with Gasteiger partial charge in [-0.3, -0.25) is 4.79 Å². The molecule has 1 aliphatic rings. The number of nitrogens with zero attached hydrogens (tertiary/aromatic N) is 1. The Labute approximate surface area is 93.1 Å². The topological polar surface area (TPSA) is 54.0 Å². The van der Waals surface area contributed by atoms with Gasteiger partial charge in [0, 0.05) is 11.4 Å². The Hall–Kier alpha value is -0.940. The average Bonchev–Trinajstić information content (AvgIpc) is 2.95. The fourth-order valence-electron chi connectivity index (χ4n) is 1.27. The molecule has 1 heterocycles. The second-order valence-corrected chi connectivity index (χ2v) is 4.85. The molecule has 0 atom stereocenters. The normalized spacial score (nSPS) is 15.3. The molecule has 82 valence electrons. The zero-order valence-electron chi connectivity index (χ0n) is 8.75. The van der Waals surface area contributed by atoms with Crippen LogP contribution in [0.2, 0.25) is 0 Å². The van der Waals surface area contributed by atoms with Crippen molar-refractivity contribution in [3.8, 4) is 0 Å². The maximum Gasteiger partial charge on any atom is 0.234 e. The predicted octanol–water partition coefficient (Wildman–Crippen LogP) is 0.820. The van der Waals surface area contributed by atoms with Crippen LogP contribution < -0.4 is 10.6 Å². The molecule has 0 aliphatic heterocycles. The quantitative estimate of drug-likeness (QED) is 0.780. The summed E-state index contributed by atoms with van der Waals surface area (Å²) in [4.78, 5) is 15.6. The third-order valence-corrected chi connectivity index (χ3v) is 3.08. The highest BCUT2D eigenvalue weighted by Gasteiger charge is 2.20. The monoisotopic (exact) mass is 225 g/mol. The van der Waals surface area contributed by atoms with E-state index in [1.54, 1.807) is 11.3 Å². The number of nitrogens with one attached hydrogen (secondary N) is 2. The molecule has 1 fully saturated rings. The molecule has 5 heteroatoms. The lowest BCUT2D eigenvalue weighted by Crippen LogP contribution is -2.34. The molecule has 0 aromatic carbocycles. The van der Waals surface area contributed by atoms with Gasteiger partial charge in [-0.1, -0.05) is 0 Å². The molecule has 0 radical (unpaired) electrons. The smallest absolute Gasteiger partial charge is 0.234 e. The first-order valence-electron chi connectivity index (χ1n) is 5.15. The van der Waals surface area contributed by atoms with E-state index in [0.717, 1.165) is 10.7 Å². The summed E-state index contributed by atoms with van der Waals surface area (Å²) in [6.07, 6.45) is 2.41. The maximum atomic E-state index is 11.4. The molecular weight excluding hydrogens is 210 g/mol. The largest absolute Gasteiger partial charge is 0.349 e. The first-order chi connectivity index (χ1) is 7.24. The minimum atomic E-state index is 0.0487. The first-order valence-corrected chi connectivity index (χ1v) is 6.03. The second-order valence-electron chi connectivity index (χ2n) is 3.79. The maximum absolute atomic E-state index is 11.4. The summed E-state index contributed by atoms with van der Waals surface area (Å²) < 4.78 is 0. The van der Waals surface area contributed by atoms with Crippen molar-refractivity contribution in [2.45, 2.75) is 32.4 Å². The number of hydrogen-bond acceptors (Lipinski definition) is 4. The number of aromatic nitrogens is 1. The fourth-order valence-corrected chi connectivity index (χ4v) is 1.88. The highest BCUT2D eigenvalue weighted by molar-refractivity contribution is 7.09. The molecule has 1 aromatic heterocycles. The van der Waals surface area contributed by atoms with Gasteiger partial charge in [0.05, 0.1) is 23.8 Å². The Balaban J connectivity index is 1.65. The molecule has 1 aliphatic carbocycles. The molecule has 1 amide bonds. The lowest BCUT2D eigenvalue weighted by atomic mass is 10.4. The Morgan fingerprint density at radius 1 is 1.67 bits per heavy atom. The number of rotatable bonds is 5. The van der Waals surface area contributed by atoms with Gasteiger partial charge in [0.25, 0.3) is 0 Å². The number of aryl methyl sites for hydroxylation is 1. The Bertz CT molecular complexity index is 346.